The van der Waals surface area contributed by atoms with Crippen LogP contribution < -0.4 is 15.2 Å². The Morgan fingerprint density at radius 2 is 1.85 bits per heavy atom. The lowest BCUT2D eigenvalue weighted by molar-refractivity contribution is -0.125. The molecule has 0 aliphatic carbocycles. The molecule has 33 heavy (non-hydrogen) atoms. The molecule has 0 saturated carbocycles. The molecule has 1 aliphatic heterocycles. The Labute approximate surface area is 192 Å². The van der Waals surface area contributed by atoms with E-state index in [-0.39, 0.29) is 19.1 Å². The van der Waals surface area contributed by atoms with Crippen molar-refractivity contribution >= 4 is 11.8 Å². The fraction of sp³-hybridized carbons (Fsp3) is 0.280. The van der Waals surface area contributed by atoms with Crippen LogP contribution in [0.15, 0.2) is 67.0 Å². The molecule has 8 heteroatoms. The second-order valence-electron chi connectivity index (χ2n) is 7.94. The van der Waals surface area contributed by atoms with Gasteiger partial charge in [-0.3, -0.25) is 19.6 Å². The Morgan fingerprint density at radius 1 is 1.06 bits per heavy atom. The number of hydrogen-bond donors (Lipinski definition) is 1. The monoisotopic (exact) mass is 446 g/mol. The van der Waals surface area contributed by atoms with Crippen LogP contribution in [0.4, 0.5) is 0 Å². The average molecular weight is 447 g/mol. The molecule has 0 unspecified atom stereocenters. The van der Waals surface area contributed by atoms with Crippen molar-refractivity contribution in [3.63, 3.8) is 0 Å². The van der Waals surface area contributed by atoms with E-state index in [1.54, 1.807) is 47.6 Å². The van der Waals surface area contributed by atoms with Gasteiger partial charge in [-0.1, -0.05) is 18.2 Å². The molecule has 3 heterocycles. The molecule has 1 atom stereocenters. The highest BCUT2D eigenvalue weighted by atomic mass is 16.5. The molecule has 3 aromatic rings. The normalized spacial score (nSPS) is 17.9. The van der Waals surface area contributed by atoms with Crippen LogP contribution in [0, 0.1) is 0 Å². The summed E-state index contributed by atoms with van der Waals surface area (Å²) in [5.41, 5.74) is 6.47. The van der Waals surface area contributed by atoms with Crippen LogP contribution in [-0.4, -0.2) is 46.9 Å². The average Bonchev–Trinajstić information content (AvgIpc) is 2.87. The van der Waals surface area contributed by atoms with Gasteiger partial charge in [0.05, 0.1) is 24.1 Å². The zero-order valence-corrected chi connectivity index (χ0v) is 18.4. The third-order valence-corrected chi connectivity index (χ3v) is 5.93. The van der Waals surface area contributed by atoms with Crippen LogP contribution >= 0.6 is 0 Å². The van der Waals surface area contributed by atoms with Crippen LogP contribution in [0.3, 0.4) is 0 Å². The number of likely N-dealkylation sites (tertiary alicyclic amines) is 1. The number of pyridine rings is 2. The Kier molecular flexibility index (Phi) is 6.53. The number of piperidine rings is 1. The van der Waals surface area contributed by atoms with Gasteiger partial charge in [-0.05, 0) is 49.2 Å². The Balaban J connectivity index is 1.64. The van der Waals surface area contributed by atoms with E-state index in [4.69, 9.17) is 15.2 Å². The standard InChI is InChI=1S/C25H26N4O4/c1-32-20-10-6-9-19(22(20)33-16-18-8-2-4-13-27-18)23(30)29-15-7-12-25(17-29,24(26)31)21-11-3-5-14-28-21/h2-6,8-11,13-14H,7,12,15-17H2,1H3,(H2,26,31)/t25-/m0/s1. The van der Waals surface area contributed by atoms with Gasteiger partial charge < -0.3 is 20.1 Å². The summed E-state index contributed by atoms with van der Waals surface area (Å²) in [6.07, 6.45) is 4.47. The number of methoxy groups -OCH3 is 1. The molecule has 1 saturated heterocycles. The first kappa shape index (κ1) is 22.3. The minimum atomic E-state index is -1.04. The van der Waals surface area contributed by atoms with Gasteiger partial charge in [0.1, 0.15) is 12.0 Å². The minimum absolute atomic E-state index is 0.148. The molecule has 0 bridgehead atoms. The molecule has 2 amide bonds. The number of carbonyl (C=O) groups is 2. The maximum Gasteiger partial charge on any atom is 0.257 e. The Morgan fingerprint density at radius 3 is 2.52 bits per heavy atom. The largest absolute Gasteiger partial charge is 0.493 e. The van der Waals surface area contributed by atoms with E-state index in [9.17, 15) is 9.59 Å². The van der Waals surface area contributed by atoms with Crippen molar-refractivity contribution in [1.29, 1.82) is 0 Å². The van der Waals surface area contributed by atoms with Gasteiger partial charge in [-0.15, -0.1) is 0 Å². The van der Waals surface area contributed by atoms with Gasteiger partial charge in [0, 0.05) is 25.5 Å². The number of para-hydroxylation sites is 1. The highest BCUT2D eigenvalue weighted by molar-refractivity contribution is 5.98. The van der Waals surface area contributed by atoms with E-state index < -0.39 is 11.3 Å². The molecule has 170 valence electrons. The molecule has 0 radical (unpaired) electrons. The van der Waals surface area contributed by atoms with Gasteiger partial charge in [-0.25, -0.2) is 0 Å². The van der Waals surface area contributed by atoms with E-state index >= 15 is 0 Å². The SMILES string of the molecule is COc1cccc(C(=O)N2CCC[C@@](C(N)=O)(c3ccccn3)C2)c1OCc1ccccn1. The Hall–Kier alpha value is -3.94. The molecule has 1 fully saturated rings. The fourth-order valence-corrected chi connectivity index (χ4v) is 4.21. The second kappa shape index (κ2) is 9.68. The topological polar surface area (TPSA) is 108 Å². The molecule has 4 rings (SSSR count). The first-order chi connectivity index (χ1) is 16.0. The first-order valence-electron chi connectivity index (χ1n) is 10.8. The molecule has 1 aromatic carbocycles. The summed E-state index contributed by atoms with van der Waals surface area (Å²) >= 11 is 0. The van der Waals surface area contributed by atoms with E-state index in [0.717, 1.165) is 5.69 Å². The summed E-state index contributed by atoms with van der Waals surface area (Å²) in [6, 6.07) is 16.1. The predicted octanol–water partition coefficient (Wildman–Crippen LogP) is 2.72. The van der Waals surface area contributed by atoms with Crippen LogP contribution in [0.5, 0.6) is 11.5 Å². The van der Waals surface area contributed by atoms with E-state index in [1.807, 2.05) is 24.3 Å². The van der Waals surface area contributed by atoms with Crippen molar-refractivity contribution in [2.45, 2.75) is 24.9 Å². The smallest absolute Gasteiger partial charge is 0.257 e. The highest BCUT2D eigenvalue weighted by Gasteiger charge is 2.45. The number of primary amides is 1. The third kappa shape index (κ3) is 4.50. The number of aromatic nitrogens is 2. The summed E-state index contributed by atoms with van der Waals surface area (Å²) in [4.78, 5) is 36.5. The maximum atomic E-state index is 13.6. The summed E-state index contributed by atoms with van der Waals surface area (Å²) in [5.74, 6) is 0.0329. The van der Waals surface area contributed by atoms with Gasteiger partial charge in [0.25, 0.3) is 5.91 Å². The molecular formula is C25H26N4O4. The van der Waals surface area contributed by atoms with E-state index in [1.165, 1.54) is 7.11 Å². The van der Waals surface area contributed by atoms with Crippen molar-refractivity contribution < 1.29 is 19.1 Å². The number of ether oxygens (including phenoxy) is 2. The number of nitrogens with two attached hydrogens (primary N) is 1. The van der Waals surface area contributed by atoms with E-state index in [2.05, 4.69) is 9.97 Å². The molecule has 2 N–H and O–H groups in total. The van der Waals surface area contributed by atoms with Crippen molar-refractivity contribution in [3.05, 3.63) is 83.9 Å². The molecule has 1 aliphatic rings. The van der Waals surface area contributed by atoms with Crippen molar-refractivity contribution in [1.82, 2.24) is 14.9 Å². The zero-order valence-electron chi connectivity index (χ0n) is 18.4. The predicted molar refractivity (Wildman–Crippen MR) is 122 cm³/mol. The lowest BCUT2D eigenvalue weighted by atomic mass is 9.76. The van der Waals surface area contributed by atoms with Crippen LogP contribution in [0.25, 0.3) is 0 Å². The minimum Gasteiger partial charge on any atom is -0.493 e. The molecule has 0 spiro atoms. The van der Waals surface area contributed by atoms with Crippen LogP contribution in [0.1, 0.15) is 34.6 Å². The van der Waals surface area contributed by atoms with Gasteiger partial charge in [-0.2, -0.15) is 0 Å². The number of rotatable bonds is 7. The second-order valence-corrected chi connectivity index (χ2v) is 7.94. The van der Waals surface area contributed by atoms with Gasteiger partial charge in [0.2, 0.25) is 5.91 Å². The number of amides is 2. The summed E-state index contributed by atoms with van der Waals surface area (Å²) in [5, 5.41) is 0. The van der Waals surface area contributed by atoms with Gasteiger partial charge in [0.15, 0.2) is 11.5 Å². The lowest BCUT2D eigenvalue weighted by Crippen LogP contribution is -2.55. The Bertz CT molecular complexity index is 1120. The van der Waals surface area contributed by atoms with E-state index in [0.29, 0.717) is 42.1 Å². The van der Waals surface area contributed by atoms with Gasteiger partial charge >= 0.3 is 0 Å². The molecular weight excluding hydrogens is 420 g/mol. The summed E-state index contributed by atoms with van der Waals surface area (Å²) < 4.78 is 11.5. The van der Waals surface area contributed by atoms with Crippen molar-refractivity contribution in [2.75, 3.05) is 20.2 Å². The fourth-order valence-electron chi connectivity index (χ4n) is 4.21. The highest BCUT2D eigenvalue weighted by Crippen LogP contribution is 2.36. The summed E-state index contributed by atoms with van der Waals surface area (Å²) in [6.45, 7) is 0.827. The lowest BCUT2D eigenvalue weighted by Gasteiger charge is -2.40. The first-order valence-corrected chi connectivity index (χ1v) is 10.8. The number of benzene rings is 1. The van der Waals surface area contributed by atoms with Crippen LogP contribution in [0.2, 0.25) is 0 Å². The molecule has 8 nitrogen and oxygen atoms in total. The molecule has 2 aromatic heterocycles. The number of carbonyl (C=O) groups excluding carboxylic acids is 2. The zero-order chi connectivity index (χ0) is 23.3. The maximum absolute atomic E-state index is 13.6. The quantitative estimate of drug-likeness (QED) is 0.598. The summed E-state index contributed by atoms with van der Waals surface area (Å²) in [7, 11) is 1.53. The number of nitrogens with zero attached hydrogens (tertiary/aromatic N) is 3. The van der Waals surface area contributed by atoms with Crippen molar-refractivity contribution in [3.8, 4) is 11.5 Å². The van der Waals surface area contributed by atoms with Crippen molar-refractivity contribution in [2.24, 2.45) is 5.73 Å². The number of hydrogen-bond acceptors (Lipinski definition) is 6. The van der Waals surface area contributed by atoms with Crippen LogP contribution in [-0.2, 0) is 16.8 Å². The third-order valence-electron chi connectivity index (χ3n) is 5.93.